The van der Waals surface area contributed by atoms with E-state index in [-0.39, 0.29) is 5.75 Å². The summed E-state index contributed by atoms with van der Waals surface area (Å²) in [5.74, 6) is 0.223. The van der Waals surface area contributed by atoms with Gasteiger partial charge in [-0.2, -0.15) is 0 Å². The molecule has 5 nitrogen and oxygen atoms in total. The topological polar surface area (TPSA) is 72.8 Å². The summed E-state index contributed by atoms with van der Waals surface area (Å²) in [6.45, 7) is 1.52. The zero-order valence-electron chi connectivity index (χ0n) is 13.7. The minimum Gasteiger partial charge on any atom is -0.504 e. The Kier molecular flexibility index (Phi) is 3.13. The average Bonchev–Trinajstić information content (AvgIpc) is 3.25. The Hall–Kier alpha value is -3.08. The van der Waals surface area contributed by atoms with Gasteiger partial charge in [0.05, 0.1) is 11.0 Å². The van der Waals surface area contributed by atoms with Crippen LogP contribution in [-0.4, -0.2) is 29.4 Å². The smallest absolute Gasteiger partial charge is 0.165 e. The standard InChI is InChI=1S/C20H18N4O/c25-20-17(9-16-18-13(6-8-21-16)11-24-19(18)20)22-7-5-12-10-23-15-4-2-1-3-14(12)15/h1-4,9-11,22-23,25H,5-8H2. The number of para-hydroxylation sites is 1. The molecule has 0 amide bonds. The molecule has 5 rings (SSSR count). The van der Waals surface area contributed by atoms with E-state index in [9.17, 15) is 5.11 Å². The number of aliphatic imine (C=N–C) groups is 1. The molecule has 3 aromatic rings. The van der Waals surface area contributed by atoms with Crippen LogP contribution in [0.3, 0.4) is 0 Å². The normalized spacial score (nSPS) is 14.6. The van der Waals surface area contributed by atoms with Gasteiger partial charge in [0.1, 0.15) is 5.69 Å². The van der Waals surface area contributed by atoms with Crippen molar-refractivity contribution in [1.29, 1.82) is 0 Å². The number of nitrogens with one attached hydrogen (secondary N) is 2. The first-order valence-corrected chi connectivity index (χ1v) is 8.58. The second-order valence-corrected chi connectivity index (χ2v) is 6.47. The largest absolute Gasteiger partial charge is 0.504 e. The van der Waals surface area contributed by atoms with E-state index in [0.29, 0.717) is 11.4 Å². The third-order valence-electron chi connectivity index (χ3n) is 4.97. The number of aromatic nitrogens is 1. The van der Waals surface area contributed by atoms with Crippen LogP contribution in [-0.2, 0) is 6.42 Å². The molecule has 0 saturated carbocycles. The number of aromatic amines is 1. The van der Waals surface area contributed by atoms with E-state index in [1.807, 2.05) is 18.3 Å². The highest BCUT2D eigenvalue weighted by atomic mass is 16.3. The number of hydrogen-bond donors (Lipinski definition) is 3. The first-order valence-electron chi connectivity index (χ1n) is 8.58. The fourth-order valence-corrected chi connectivity index (χ4v) is 3.71. The van der Waals surface area contributed by atoms with Crippen molar-refractivity contribution >= 4 is 34.1 Å². The quantitative estimate of drug-likeness (QED) is 0.643. The number of aromatic hydroxyl groups is 1. The van der Waals surface area contributed by atoms with Crippen molar-refractivity contribution in [1.82, 2.24) is 4.98 Å². The number of rotatable bonds is 4. The first kappa shape index (κ1) is 14.3. The maximum atomic E-state index is 10.6. The lowest BCUT2D eigenvalue weighted by Gasteiger charge is -2.11. The van der Waals surface area contributed by atoms with Crippen LogP contribution >= 0.6 is 0 Å². The minimum absolute atomic E-state index is 0.223. The van der Waals surface area contributed by atoms with Crippen LogP contribution < -0.4 is 15.9 Å². The van der Waals surface area contributed by atoms with Gasteiger partial charge in [-0.1, -0.05) is 18.2 Å². The molecule has 0 atom stereocenters. The van der Waals surface area contributed by atoms with Crippen molar-refractivity contribution in [2.75, 3.05) is 18.4 Å². The molecule has 25 heavy (non-hydrogen) atoms. The number of phenols is 1. The fourth-order valence-electron chi connectivity index (χ4n) is 3.71. The van der Waals surface area contributed by atoms with Gasteiger partial charge in [0.2, 0.25) is 0 Å². The summed E-state index contributed by atoms with van der Waals surface area (Å²) >= 11 is 0. The van der Waals surface area contributed by atoms with Crippen molar-refractivity contribution in [2.45, 2.75) is 12.8 Å². The van der Waals surface area contributed by atoms with Gasteiger partial charge in [-0.25, -0.2) is 0 Å². The van der Waals surface area contributed by atoms with Gasteiger partial charge < -0.3 is 15.4 Å². The molecule has 0 saturated heterocycles. The minimum atomic E-state index is 0.223. The van der Waals surface area contributed by atoms with Crippen LogP contribution in [0.15, 0.2) is 46.5 Å². The molecule has 5 heteroatoms. The lowest BCUT2D eigenvalue weighted by Crippen LogP contribution is -2.30. The highest BCUT2D eigenvalue weighted by Gasteiger charge is 2.18. The van der Waals surface area contributed by atoms with E-state index >= 15 is 0 Å². The van der Waals surface area contributed by atoms with Crippen LogP contribution in [0.1, 0.15) is 12.0 Å². The van der Waals surface area contributed by atoms with E-state index < -0.39 is 0 Å². The Labute approximate surface area is 144 Å². The first-order chi connectivity index (χ1) is 12.3. The molecule has 0 fully saturated rings. The molecule has 0 aliphatic carbocycles. The summed E-state index contributed by atoms with van der Waals surface area (Å²) in [5, 5.41) is 17.1. The van der Waals surface area contributed by atoms with Gasteiger partial charge >= 0.3 is 0 Å². The number of phenolic OH excluding ortho intramolecular Hbond substituents is 1. The Balaban J connectivity index is 1.42. The molecule has 3 N–H and O–H groups in total. The summed E-state index contributed by atoms with van der Waals surface area (Å²) in [6, 6.07) is 10.2. The van der Waals surface area contributed by atoms with Gasteiger partial charge in [-0.05, 0) is 36.1 Å². The predicted octanol–water partition coefficient (Wildman–Crippen LogP) is 2.42. The lowest BCUT2D eigenvalue weighted by molar-refractivity contribution is 0.478. The van der Waals surface area contributed by atoms with Crippen molar-refractivity contribution < 1.29 is 5.11 Å². The fraction of sp³-hybridized carbons (Fsp3) is 0.200. The number of fused-ring (bicyclic) bond motifs is 1. The third kappa shape index (κ3) is 2.23. The van der Waals surface area contributed by atoms with Gasteiger partial charge in [-0.3, -0.25) is 9.98 Å². The summed E-state index contributed by atoms with van der Waals surface area (Å²) in [5.41, 5.74) is 4.96. The predicted molar refractivity (Wildman–Crippen MR) is 100 cm³/mol. The molecule has 0 bridgehead atoms. The summed E-state index contributed by atoms with van der Waals surface area (Å²) < 4.78 is 0. The second-order valence-electron chi connectivity index (χ2n) is 6.47. The molecule has 0 radical (unpaired) electrons. The lowest BCUT2D eigenvalue weighted by atomic mass is 10.1. The van der Waals surface area contributed by atoms with Gasteiger partial charge in [0.15, 0.2) is 5.75 Å². The molecule has 2 aliphatic heterocycles. The van der Waals surface area contributed by atoms with Crippen LogP contribution in [0.25, 0.3) is 16.5 Å². The van der Waals surface area contributed by atoms with Crippen molar-refractivity contribution in [2.24, 2.45) is 9.98 Å². The molecule has 2 aromatic carbocycles. The highest BCUT2D eigenvalue weighted by molar-refractivity contribution is 6.08. The number of H-pyrrole nitrogens is 1. The molecular formula is C20H18N4O. The number of benzene rings is 2. The van der Waals surface area contributed by atoms with Gasteiger partial charge in [-0.15, -0.1) is 0 Å². The van der Waals surface area contributed by atoms with Crippen LogP contribution in [0, 0.1) is 0 Å². The number of hydrogen-bond acceptors (Lipinski definition) is 4. The highest BCUT2D eigenvalue weighted by Crippen LogP contribution is 2.32. The van der Waals surface area contributed by atoms with Crippen molar-refractivity contribution in [3.63, 3.8) is 0 Å². The van der Waals surface area contributed by atoms with Gasteiger partial charge in [0.25, 0.3) is 0 Å². The van der Waals surface area contributed by atoms with Gasteiger partial charge in [0, 0.05) is 41.6 Å². The van der Waals surface area contributed by atoms with E-state index in [1.165, 1.54) is 16.5 Å². The van der Waals surface area contributed by atoms with E-state index in [2.05, 4.69) is 44.7 Å². The average molecular weight is 330 g/mol. The molecular weight excluding hydrogens is 312 g/mol. The van der Waals surface area contributed by atoms with Crippen LogP contribution in [0.2, 0.25) is 0 Å². The Morgan fingerprint density at radius 3 is 3.12 bits per heavy atom. The summed E-state index contributed by atoms with van der Waals surface area (Å²) in [6.07, 6.45) is 5.68. The molecule has 124 valence electrons. The zero-order chi connectivity index (χ0) is 16.8. The Bertz CT molecular complexity index is 1140. The maximum Gasteiger partial charge on any atom is 0.165 e. The third-order valence-corrected chi connectivity index (χ3v) is 4.97. The van der Waals surface area contributed by atoms with E-state index in [0.717, 1.165) is 42.0 Å². The van der Waals surface area contributed by atoms with Crippen LogP contribution in [0.4, 0.5) is 11.4 Å². The summed E-state index contributed by atoms with van der Waals surface area (Å²) in [4.78, 5) is 12.3. The van der Waals surface area contributed by atoms with Crippen molar-refractivity contribution in [3.8, 4) is 5.75 Å². The second kappa shape index (κ2) is 5.48. The number of nitrogens with zero attached hydrogens (tertiary/aromatic N) is 2. The maximum absolute atomic E-state index is 10.6. The zero-order valence-corrected chi connectivity index (χ0v) is 13.7. The summed E-state index contributed by atoms with van der Waals surface area (Å²) in [7, 11) is 0. The molecule has 3 heterocycles. The molecule has 0 unspecified atom stereocenters. The van der Waals surface area contributed by atoms with E-state index in [1.54, 1.807) is 0 Å². The number of anilines is 1. The molecule has 2 aliphatic rings. The molecule has 1 aromatic heterocycles. The Morgan fingerprint density at radius 2 is 2.16 bits per heavy atom. The Morgan fingerprint density at radius 1 is 1.24 bits per heavy atom. The van der Waals surface area contributed by atoms with Crippen LogP contribution in [0.5, 0.6) is 5.75 Å². The van der Waals surface area contributed by atoms with E-state index in [4.69, 9.17) is 0 Å². The monoisotopic (exact) mass is 330 g/mol. The van der Waals surface area contributed by atoms with Crippen molar-refractivity contribution in [3.05, 3.63) is 52.7 Å². The SMILES string of the molecule is Oc1c(NCCc2c[nH]c3ccccc23)cc2c3c1N=CC=3CCN=2. The molecule has 0 spiro atoms.